The summed E-state index contributed by atoms with van der Waals surface area (Å²) in [7, 11) is 0. The quantitative estimate of drug-likeness (QED) is 0.656. The Morgan fingerprint density at radius 1 is 1.36 bits per heavy atom. The van der Waals surface area contributed by atoms with Gasteiger partial charge in [0, 0.05) is 6.54 Å². The van der Waals surface area contributed by atoms with Crippen LogP contribution in [-0.4, -0.2) is 18.8 Å². The van der Waals surface area contributed by atoms with E-state index in [1.165, 1.54) is 25.7 Å². The van der Waals surface area contributed by atoms with E-state index in [9.17, 15) is 0 Å². The van der Waals surface area contributed by atoms with Gasteiger partial charge in [-0.3, -0.25) is 0 Å². The SMILES string of the molecule is Cl.NCC1CC2CCCC2O1. The normalized spacial score (nSPS) is 41.7. The molecule has 2 nitrogen and oxygen atoms in total. The third-order valence-electron chi connectivity index (χ3n) is 2.79. The van der Waals surface area contributed by atoms with Crippen LogP contribution in [0.15, 0.2) is 0 Å². The van der Waals surface area contributed by atoms with Crippen LogP contribution in [0.25, 0.3) is 0 Å². The fraction of sp³-hybridized carbons (Fsp3) is 1.00. The van der Waals surface area contributed by atoms with Gasteiger partial charge in [0.05, 0.1) is 12.2 Å². The molecule has 0 aromatic carbocycles. The van der Waals surface area contributed by atoms with Crippen molar-refractivity contribution >= 4 is 12.4 Å². The van der Waals surface area contributed by atoms with Gasteiger partial charge in [0.2, 0.25) is 0 Å². The first kappa shape index (κ1) is 9.30. The molecule has 0 radical (unpaired) electrons. The summed E-state index contributed by atoms with van der Waals surface area (Å²) in [5, 5.41) is 0. The molecule has 0 bridgehead atoms. The first-order valence-corrected chi connectivity index (χ1v) is 4.25. The smallest absolute Gasteiger partial charge is 0.0704 e. The van der Waals surface area contributed by atoms with Crippen LogP contribution in [0, 0.1) is 5.92 Å². The van der Waals surface area contributed by atoms with Gasteiger partial charge in [-0.25, -0.2) is 0 Å². The molecule has 2 N–H and O–H groups in total. The predicted molar refractivity (Wildman–Crippen MR) is 46.9 cm³/mol. The Balaban J connectivity index is 0.000000605. The summed E-state index contributed by atoms with van der Waals surface area (Å²) >= 11 is 0. The van der Waals surface area contributed by atoms with E-state index in [0.717, 1.165) is 5.92 Å². The lowest BCUT2D eigenvalue weighted by Crippen LogP contribution is -2.20. The highest BCUT2D eigenvalue weighted by Crippen LogP contribution is 2.38. The van der Waals surface area contributed by atoms with Crippen molar-refractivity contribution in [3.05, 3.63) is 0 Å². The third-order valence-corrected chi connectivity index (χ3v) is 2.79. The molecule has 3 heteroatoms. The maximum absolute atomic E-state index is 5.71. The molecule has 0 aromatic heterocycles. The molecule has 1 saturated heterocycles. The number of halogens is 1. The predicted octanol–water partition coefficient (Wildman–Crippen LogP) is 1.32. The monoisotopic (exact) mass is 177 g/mol. The lowest BCUT2D eigenvalue weighted by molar-refractivity contribution is 0.0460. The molecular weight excluding hydrogens is 162 g/mol. The molecular formula is C8H16ClNO. The summed E-state index contributed by atoms with van der Waals surface area (Å²) in [6.07, 6.45) is 6.21. The summed E-state index contributed by atoms with van der Waals surface area (Å²) in [6.45, 7) is 0.715. The molecule has 1 heterocycles. The van der Waals surface area contributed by atoms with Crippen molar-refractivity contribution < 1.29 is 4.74 Å². The van der Waals surface area contributed by atoms with Crippen LogP contribution >= 0.6 is 12.4 Å². The molecule has 11 heavy (non-hydrogen) atoms. The third kappa shape index (κ3) is 1.68. The van der Waals surface area contributed by atoms with Crippen molar-refractivity contribution in [2.24, 2.45) is 11.7 Å². The lowest BCUT2D eigenvalue weighted by atomic mass is 10.0. The van der Waals surface area contributed by atoms with Crippen LogP contribution in [0.4, 0.5) is 0 Å². The van der Waals surface area contributed by atoms with Gasteiger partial charge in [-0.1, -0.05) is 6.42 Å². The van der Waals surface area contributed by atoms with Crippen molar-refractivity contribution in [2.75, 3.05) is 6.54 Å². The van der Waals surface area contributed by atoms with Crippen LogP contribution in [0.5, 0.6) is 0 Å². The fourth-order valence-corrected chi connectivity index (χ4v) is 2.24. The summed E-state index contributed by atoms with van der Waals surface area (Å²) in [5.74, 6) is 0.855. The van der Waals surface area contributed by atoms with E-state index in [4.69, 9.17) is 10.5 Å². The van der Waals surface area contributed by atoms with Gasteiger partial charge in [0.1, 0.15) is 0 Å². The van der Waals surface area contributed by atoms with Crippen molar-refractivity contribution in [2.45, 2.75) is 37.9 Å². The van der Waals surface area contributed by atoms with Gasteiger partial charge < -0.3 is 10.5 Å². The largest absolute Gasteiger partial charge is 0.373 e. The van der Waals surface area contributed by atoms with Gasteiger partial charge in [0.25, 0.3) is 0 Å². The maximum atomic E-state index is 5.71. The lowest BCUT2D eigenvalue weighted by Gasteiger charge is -2.08. The molecule has 3 atom stereocenters. The number of rotatable bonds is 1. The molecule has 2 rings (SSSR count). The molecule has 1 saturated carbocycles. The average molecular weight is 178 g/mol. The minimum absolute atomic E-state index is 0. The molecule has 0 aromatic rings. The van der Waals surface area contributed by atoms with Crippen LogP contribution in [-0.2, 0) is 4.74 Å². The van der Waals surface area contributed by atoms with Crippen molar-refractivity contribution in [3.63, 3.8) is 0 Å². The molecule has 1 aliphatic carbocycles. The highest BCUT2D eigenvalue weighted by Gasteiger charge is 2.37. The van der Waals surface area contributed by atoms with E-state index in [0.29, 0.717) is 18.8 Å². The molecule has 1 aliphatic heterocycles. The van der Waals surface area contributed by atoms with Crippen LogP contribution in [0.1, 0.15) is 25.7 Å². The minimum Gasteiger partial charge on any atom is -0.373 e. The van der Waals surface area contributed by atoms with Gasteiger partial charge in [-0.15, -0.1) is 12.4 Å². The minimum atomic E-state index is 0. The summed E-state index contributed by atoms with van der Waals surface area (Å²) in [4.78, 5) is 0. The first-order valence-electron chi connectivity index (χ1n) is 4.25. The Hall–Kier alpha value is 0.210. The number of hydrogen-bond donors (Lipinski definition) is 1. The summed E-state index contributed by atoms with van der Waals surface area (Å²) in [6, 6.07) is 0. The number of ether oxygens (including phenoxy) is 1. The Kier molecular flexibility index (Phi) is 3.16. The Bertz CT molecular complexity index is 119. The standard InChI is InChI=1S/C8H15NO.ClH/c9-5-7-4-6-2-1-3-8(6)10-7;/h6-8H,1-5,9H2;1H. The second-order valence-corrected chi connectivity index (χ2v) is 3.46. The van der Waals surface area contributed by atoms with Crippen LogP contribution in [0.2, 0.25) is 0 Å². The van der Waals surface area contributed by atoms with Crippen LogP contribution < -0.4 is 5.73 Å². The molecule has 0 amide bonds. The van der Waals surface area contributed by atoms with Gasteiger partial charge in [-0.05, 0) is 25.2 Å². The molecule has 3 unspecified atom stereocenters. The Morgan fingerprint density at radius 3 is 2.82 bits per heavy atom. The topological polar surface area (TPSA) is 35.2 Å². The zero-order valence-electron chi connectivity index (χ0n) is 6.66. The molecule has 2 fully saturated rings. The van der Waals surface area contributed by atoms with E-state index in [2.05, 4.69) is 0 Å². The highest BCUT2D eigenvalue weighted by molar-refractivity contribution is 5.85. The van der Waals surface area contributed by atoms with Crippen molar-refractivity contribution in [1.82, 2.24) is 0 Å². The number of fused-ring (bicyclic) bond motifs is 1. The zero-order valence-corrected chi connectivity index (χ0v) is 7.48. The summed E-state index contributed by atoms with van der Waals surface area (Å²) < 4.78 is 5.71. The van der Waals surface area contributed by atoms with E-state index in [1.54, 1.807) is 0 Å². The number of nitrogens with two attached hydrogens (primary N) is 1. The van der Waals surface area contributed by atoms with Gasteiger partial charge in [0.15, 0.2) is 0 Å². The maximum Gasteiger partial charge on any atom is 0.0704 e. The second kappa shape index (κ2) is 3.74. The first-order chi connectivity index (χ1) is 4.90. The zero-order chi connectivity index (χ0) is 6.97. The second-order valence-electron chi connectivity index (χ2n) is 3.46. The van der Waals surface area contributed by atoms with Crippen molar-refractivity contribution in [3.8, 4) is 0 Å². The molecule has 2 aliphatic rings. The van der Waals surface area contributed by atoms with Crippen molar-refractivity contribution in [1.29, 1.82) is 0 Å². The fourth-order valence-electron chi connectivity index (χ4n) is 2.24. The highest BCUT2D eigenvalue weighted by atomic mass is 35.5. The van der Waals surface area contributed by atoms with E-state index < -0.39 is 0 Å². The van der Waals surface area contributed by atoms with E-state index >= 15 is 0 Å². The van der Waals surface area contributed by atoms with E-state index in [1.807, 2.05) is 0 Å². The Morgan fingerprint density at radius 2 is 2.18 bits per heavy atom. The van der Waals surface area contributed by atoms with Crippen LogP contribution in [0.3, 0.4) is 0 Å². The summed E-state index contributed by atoms with van der Waals surface area (Å²) in [5.41, 5.74) is 5.51. The van der Waals surface area contributed by atoms with Gasteiger partial charge in [-0.2, -0.15) is 0 Å². The molecule has 66 valence electrons. The molecule has 0 spiro atoms. The van der Waals surface area contributed by atoms with E-state index in [-0.39, 0.29) is 12.4 Å². The van der Waals surface area contributed by atoms with Gasteiger partial charge >= 0.3 is 0 Å². The Labute approximate surface area is 73.9 Å². The average Bonchev–Trinajstić information content (AvgIpc) is 2.42. The number of hydrogen-bond acceptors (Lipinski definition) is 2.